The fourth-order valence-corrected chi connectivity index (χ4v) is 2.36. The largest absolute Gasteiger partial charge is 0.480 e. The van der Waals surface area contributed by atoms with Crippen molar-refractivity contribution in [3.63, 3.8) is 0 Å². The molecule has 0 radical (unpaired) electrons. The van der Waals surface area contributed by atoms with Crippen molar-refractivity contribution in [3.8, 4) is 0 Å². The van der Waals surface area contributed by atoms with E-state index >= 15 is 0 Å². The molecule has 0 aliphatic heterocycles. The van der Waals surface area contributed by atoms with Crippen LogP contribution in [0, 0.1) is 6.92 Å². The maximum atomic E-state index is 12.5. The van der Waals surface area contributed by atoms with Gasteiger partial charge in [-0.1, -0.05) is 0 Å². The molecule has 0 fully saturated rings. The highest BCUT2D eigenvalue weighted by atomic mass is 16.4. The van der Waals surface area contributed by atoms with Gasteiger partial charge in [-0.3, -0.25) is 18.7 Å². The molecule has 9 heteroatoms. The predicted molar refractivity (Wildman–Crippen MR) is 86.2 cm³/mol. The third-order valence-electron chi connectivity index (χ3n) is 4.09. The van der Waals surface area contributed by atoms with Gasteiger partial charge in [-0.15, -0.1) is 0 Å². The first-order valence-electron chi connectivity index (χ1n) is 7.15. The molecular weight excluding hydrogens is 316 g/mol. The van der Waals surface area contributed by atoms with Crippen LogP contribution in [0.25, 0.3) is 11.0 Å². The molecule has 0 saturated heterocycles. The number of amides is 1. The van der Waals surface area contributed by atoms with Gasteiger partial charge in [0.2, 0.25) is 0 Å². The molecule has 2 aromatic rings. The molecule has 2 heterocycles. The monoisotopic (exact) mass is 334 g/mol. The normalized spacial score (nSPS) is 12.2. The molecule has 0 spiro atoms. The van der Waals surface area contributed by atoms with Crippen LogP contribution in [0.5, 0.6) is 0 Å². The van der Waals surface area contributed by atoms with Crippen molar-refractivity contribution in [1.82, 2.24) is 19.0 Å². The van der Waals surface area contributed by atoms with Crippen LogP contribution >= 0.6 is 0 Å². The summed E-state index contributed by atoms with van der Waals surface area (Å²) in [4.78, 5) is 53.0. The lowest BCUT2D eigenvalue weighted by Crippen LogP contribution is -2.41. The van der Waals surface area contributed by atoms with E-state index in [1.54, 1.807) is 6.92 Å². The summed E-state index contributed by atoms with van der Waals surface area (Å²) in [5, 5.41) is 9.26. The Morgan fingerprint density at radius 1 is 1.25 bits per heavy atom. The lowest BCUT2D eigenvalue weighted by molar-refractivity contribution is -0.141. The van der Waals surface area contributed by atoms with Crippen molar-refractivity contribution in [3.05, 3.63) is 38.2 Å². The number of hydrogen-bond acceptors (Lipinski definition) is 5. The number of aliphatic carboxylic acids is 1. The molecule has 0 aliphatic rings. The number of fused-ring (bicyclic) bond motifs is 1. The third-order valence-corrected chi connectivity index (χ3v) is 4.09. The maximum Gasteiger partial charge on any atom is 0.332 e. The van der Waals surface area contributed by atoms with Crippen LogP contribution in [-0.4, -0.2) is 49.1 Å². The summed E-state index contributed by atoms with van der Waals surface area (Å²) in [5.41, 5.74) is -0.516. The Labute approximate surface area is 136 Å². The molecule has 2 rings (SSSR count). The zero-order valence-electron chi connectivity index (χ0n) is 14.0. The molecule has 2 aromatic heterocycles. The predicted octanol–water partition coefficient (Wildman–Crippen LogP) is -0.514. The molecule has 1 atom stereocenters. The highest BCUT2D eigenvalue weighted by Crippen LogP contribution is 2.14. The minimum absolute atomic E-state index is 0.0288. The summed E-state index contributed by atoms with van der Waals surface area (Å²) in [6, 6.07) is 0.379. The van der Waals surface area contributed by atoms with Gasteiger partial charge in [-0.2, -0.15) is 0 Å². The zero-order valence-corrected chi connectivity index (χ0v) is 14.0. The second-order valence-electron chi connectivity index (χ2n) is 5.66. The van der Waals surface area contributed by atoms with Crippen molar-refractivity contribution in [2.45, 2.75) is 19.9 Å². The van der Waals surface area contributed by atoms with E-state index in [1.165, 1.54) is 38.7 Å². The molecule has 0 aliphatic carbocycles. The van der Waals surface area contributed by atoms with E-state index in [0.29, 0.717) is 5.56 Å². The summed E-state index contributed by atoms with van der Waals surface area (Å²) in [6.45, 7) is 3.01. The summed E-state index contributed by atoms with van der Waals surface area (Å²) in [5.74, 6) is -1.76. The Morgan fingerprint density at radius 3 is 2.38 bits per heavy atom. The number of rotatable bonds is 3. The number of hydrogen-bond donors (Lipinski definition) is 1. The van der Waals surface area contributed by atoms with E-state index in [4.69, 9.17) is 5.11 Å². The molecule has 128 valence electrons. The molecule has 1 amide bonds. The molecule has 1 unspecified atom stereocenters. The van der Waals surface area contributed by atoms with Crippen LogP contribution < -0.4 is 11.2 Å². The lowest BCUT2D eigenvalue weighted by atomic mass is 10.1. The van der Waals surface area contributed by atoms with Crippen LogP contribution in [0.2, 0.25) is 0 Å². The molecule has 0 aromatic carbocycles. The molecule has 1 N–H and O–H groups in total. The van der Waals surface area contributed by atoms with Crippen molar-refractivity contribution in [1.29, 1.82) is 0 Å². The molecule has 0 bridgehead atoms. The third kappa shape index (κ3) is 2.57. The standard InChI is InChI=1S/C15H18N4O5/c1-7-6-9(12(20)17(3)8(2)14(22)23)16-11-10(7)13(21)19(5)15(24)18(11)4/h6,8H,1-5H3,(H,22,23). The Kier molecular flexibility index (Phi) is 4.28. The summed E-state index contributed by atoms with van der Waals surface area (Å²) in [6.07, 6.45) is 0. The Bertz CT molecular complexity index is 972. The van der Waals surface area contributed by atoms with E-state index in [1.807, 2.05) is 0 Å². The molecule has 0 saturated carbocycles. The summed E-state index contributed by atoms with van der Waals surface area (Å²) < 4.78 is 2.15. The second kappa shape index (κ2) is 5.91. The van der Waals surface area contributed by atoms with Crippen LogP contribution in [0.4, 0.5) is 0 Å². The molecular formula is C15H18N4O5. The first-order valence-corrected chi connectivity index (χ1v) is 7.15. The summed E-state index contributed by atoms with van der Waals surface area (Å²) >= 11 is 0. The van der Waals surface area contributed by atoms with Crippen LogP contribution in [0.3, 0.4) is 0 Å². The number of carbonyl (C=O) groups excluding carboxylic acids is 1. The van der Waals surface area contributed by atoms with Gasteiger partial charge in [0, 0.05) is 21.1 Å². The number of aromatic nitrogens is 3. The highest BCUT2D eigenvalue weighted by molar-refractivity contribution is 5.97. The molecule has 9 nitrogen and oxygen atoms in total. The average molecular weight is 334 g/mol. The van der Waals surface area contributed by atoms with Crippen molar-refractivity contribution < 1.29 is 14.7 Å². The minimum Gasteiger partial charge on any atom is -0.480 e. The fourth-order valence-electron chi connectivity index (χ4n) is 2.36. The Balaban J connectivity index is 2.72. The van der Waals surface area contributed by atoms with Crippen molar-refractivity contribution >= 4 is 22.9 Å². The first kappa shape index (κ1) is 17.4. The van der Waals surface area contributed by atoms with Gasteiger partial charge in [0.15, 0.2) is 0 Å². The van der Waals surface area contributed by atoms with Gasteiger partial charge in [0.1, 0.15) is 17.4 Å². The van der Waals surface area contributed by atoms with Gasteiger partial charge >= 0.3 is 11.7 Å². The van der Waals surface area contributed by atoms with Gasteiger partial charge in [0.25, 0.3) is 11.5 Å². The highest BCUT2D eigenvalue weighted by Gasteiger charge is 2.25. The van der Waals surface area contributed by atoms with E-state index in [2.05, 4.69) is 4.98 Å². The van der Waals surface area contributed by atoms with E-state index in [9.17, 15) is 19.2 Å². The zero-order chi connectivity index (χ0) is 18.3. The SMILES string of the molecule is Cc1cc(C(=O)N(C)C(C)C(=O)O)nc2c1c(=O)n(C)c(=O)n2C. The number of likely N-dealkylation sites (N-methyl/N-ethyl adjacent to an activating group) is 1. The van der Waals surface area contributed by atoms with Crippen LogP contribution in [-0.2, 0) is 18.9 Å². The minimum atomic E-state index is -1.15. The second-order valence-corrected chi connectivity index (χ2v) is 5.66. The van der Waals surface area contributed by atoms with E-state index in [0.717, 1.165) is 9.47 Å². The Morgan fingerprint density at radius 2 is 1.83 bits per heavy atom. The van der Waals surface area contributed by atoms with Crippen molar-refractivity contribution in [2.75, 3.05) is 7.05 Å². The number of carboxylic acid groups (broad SMARTS) is 1. The number of nitrogens with zero attached hydrogens (tertiary/aromatic N) is 4. The average Bonchev–Trinajstić information content (AvgIpc) is 2.55. The lowest BCUT2D eigenvalue weighted by Gasteiger charge is -2.21. The van der Waals surface area contributed by atoms with Gasteiger partial charge < -0.3 is 10.0 Å². The van der Waals surface area contributed by atoms with E-state index in [-0.39, 0.29) is 16.7 Å². The smallest absolute Gasteiger partial charge is 0.332 e. The van der Waals surface area contributed by atoms with Gasteiger partial charge in [-0.25, -0.2) is 14.6 Å². The van der Waals surface area contributed by atoms with Gasteiger partial charge in [0.05, 0.1) is 5.39 Å². The van der Waals surface area contributed by atoms with Crippen LogP contribution in [0.1, 0.15) is 23.0 Å². The van der Waals surface area contributed by atoms with E-state index < -0.39 is 29.2 Å². The number of carbonyl (C=O) groups is 2. The van der Waals surface area contributed by atoms with Gasteiger partial charge in [-0.05, 0) is 25.5 Å². The Hall–Kier alpha value is -2.97. The topological polar surface area (TPSA) is 114 Å². The molecule has 24 heavy (non-hydrogen) atoms. The first-order chi connectivity index (χ1) is 11.1. The fraction of sp³-hybridized carbons (Fsp3) is 0.400. The number of pyridine rings is 1. The quantitative estimate of drug-likeness (QED) is 0.808. The summed E-state index contributed by atoms with van der Waals surface area (Å²) in [7, 11) is 4.17. The number of aryl methyl sites for hydroxylation is 2. The maximum absolute atomic E-state index is 12.5. The number of carboxylic acids is 1. The van der Waals surface area contributed by atoms with Crippen LogP contribution in [0.15, 0.2) is 15.7 Å². The van der Waals surface area contributed by atoms with Crippen molar-refractivity contribution in [2.24, 2.45) is 14.1 Å².